The van der Waals surface area contributed by atoms with Crippen molar-refractivity contribution in [2.24, 2.45) is 0 Å². The molecule has 4 heteroatoms. The van der Waals surface area contributed by atoms with Gasteiger partial charge in [-0.3, -0.25) is 9.69 Å². The van der Waals surface area contributed by atoms with E-state index >= 15 is 0 Å². The first-order valence-corrected chi connectivity index (χ1v) is 5.21. The molecule has 1 fully saturated rings. The summed E-state index contributed by atoms with van der Waals surface area (Å²) in [5.74, 6) is 0.808. The molecular weight excluding hydrogens is 190 g/mol. The fourth-order valence-corrected chi connectivity index (χ4v) is 1.79. The number of likely N-dealkylation sites (N-methyl/N-ethyl adjacent to an activating group) is 1. The zero-order valence-electron chi connectivity index (χ0n) is 8.81. The van der Waals surface area contributed by atoms with Crippen LogP contribution in [0.4, 0.5) is 5.82 Å². The average Bonchev–Trinajstić information content (AvgIpc) is 2.82. The maximum atomic E-state index is 12.0. The van der Waals surface area contributed by atoms with Gasteiger partial charge < -0.3 is 5.32 Å². The molecule has 0 bridgehead atoms. The molecule has 2 rings (SSSR count). The molecule has 0 aromatic carbocycles. The highest BCUT2D eigenvalue weighted by atomic mass is 16.2. The molecule has 2 heterocycles. The van der Waals surface area contributed by atoms with Gasteiger partial charge in [0.1, 0.15) is 5.82 Å². The molecule has 1 amide bonds. The second kappa shape index (κ2) is 4.40. The molecule has 1 aromatic rings. The molecular formula is C11H15N3O. The van der Waals surface area contributed by atoms with E-state index in [-0.39, 0.29) is 11.9 Å². The van der Waals surface area contributed by atoms with Gasteiger partial charge in [-0.1, -0.05) is 6.07 Å². The zero-order chi connectivity index (χ0) is 10.7. The predicted octanol–water partition coefficient (Wildman–Crippen LogP) is 0.796. The van der Waals surface area contributed by atoms with Crippen LogP contribution in [-0.4, -0.2) is 30.5 Å². The van der Waals surface area contributed by atoms with E-state index in [9.17, 15) is 4.79 Å². The van der Waals surface area contributed by atoms with Crippen molar-refractivity contribution in [3.63, 3.8) is 0 Å². The Morgan fingerprint density at radius 3 is 3.07 bits per heavy atom. The molecule has 0 spiro atoms. The van der Waals surface area contributed by atoms with Crippen molar-refractivity contribution >= 4 is 11.7 Å². The van der Waals surface area contributed by atoms with E-state index < -0.39 is 0 Å². The van der Waals surface area contributed by atoms with E-state index in [4.69, 9.17) is 0 Å². The minimum atomic E-state index is -0.0305. The maximum Gasteiger partial charge on any atom is 0.245 e. The molecule has 1 atom stereocenters. The van der Waals surface area contributed by atoms with Crippen molar-refractivity contribution in [2.45, 2.75) is 18.9 Å². The Bertz CT molecular complexity index is 333. The van der Waals surface area contributed by atoms with Crippen molar-refractivity contribution in [2.75, 3.05) is 18.5 Å². The number of carbonyl (C=O) groups is 1. The number of amides is 1. The first-order valence-electron chi connectivity index (χ1n) is 5.21. The van der Waals surface area contributed by atoms with Crippen LogP contribution in [0, 0.1) is 0 Å². The topological polar surface area (TPSA) is 45.2 Å². The van der Waals surface area contributed by atoms with Gasteiger partial charge in [0.15, 0.2) is 0 Å². The molecule has 15 heavy (non-hydrogen) atoms. The lowest BCUT2D eigenvalue weighted by Gasteiger charge is -2.19. The van der Waals surface area contributed by atoms with E-state index in [1.54, 1.807) is 18.1 Å². The summed E-state index contributed by atoms with van der Waals surface area (Å²) in [6, 6.07) is 5.54. The highest BCUT2D eigenvalue weighted by molar-refractivity contribution is 5.96. The van der Waals surface area contributed by atoms with Crippen LogP contribution >= 0.6 is 0 Å². The van der Waals surface area contributed by atoms with Crippen LogP contribution in [0.5, 0.6) is 0 Å². The quantitative estimate of drug-likeness (QED) is 0.776. The molecule has 0 aliphatic carbocycles. The molecule has 4 nitrogen and oxygen atoms in total. The Hall–Kier alpha value is -1.42. The molecule has 0 radical (unpaired) electrons. The summed E-state index contributed by atoms with van der Waals surface area (Å²) in [6.07, 6.45) is 3.70. The highest BCUT2D eigenvalue weighted by Crippen LogP contribution is 2.12. The zero-order valence-corrected chi connectivity index (χ0v) is 8.81. The summed E-state index contributed by atoms with van der Waals surface area (Å²) in [5.41, 5.74) is 0. The van der Waals surface area contributed by atoms with Crippen LogP contribution < -0.4 is 10.2 Å². The van der Waals surface area contributed by atoms with E-state index in [0.29, 0.717) is 5.82 Å². The van der Waals surface area contributed by atoms with Crippen LogP contribution in [0.25, 0.3) is 0 Å². The minimum absolute atomic E-state index is 0.0305. The van der Waals surface area contributed by atoms with Crippen molar-refractivity contribution in [1.82, 2.24) is 10.3 Å². The van der Waals surface area contributed by atoms with Gasteiger partial charge in [-0.25, -0.2) is 4.98 Å². The van der Waals surface area contributed by atoms with Crippen LogP contribution in [0.3, 0.4) is 0 Å². The van der Waals surface area contributed by atoms with Crippen molar-refractivity contribution < 1.29 is 4.79 Å². The molecule has 0 unspecified atom stereocenters. The molecule has 1 saturated heterocycles. The van der Waals surface area contributed by atoms with Gasteiger partial charge in [0.05, 0.1) is 6.04 Å². The normalized spacial score (nSPS) is 20.2. The first-order chi connectivity index (χ1) is 7.29. The van der Waals surface area contributed by atoms with Gasteiger partial charge in [-0.05, 0) is 31.5 Å². The monoisotopic (exact) mass is 205 g/mol. The minimum Gasteiger partial charge on any atom is -0.306 e. The Balaban J connectivity index is 2.07. The third-order valence-corrected chi connectivity index (χ3v) is 2.68. The van der Waals surface area contributed by atoms with Gasteiger partial charge in [-0.2, -0.15) is 0 Å². The lowest BCUT2D eigenvalue weighted by molar-refractivity contribution is -0.120. The number of aromatic nitrogens is 1. The molecule has 1 aromatic heterocycles. The number of rotatable bonds is 2. The number of nitrogens with one attached hydrogen (secondary N) is 1. The number of anilines is 1. The number of pyridine rings is 1. The van der Waals surface area contributed by atoms with Crippen molar-refractivity contribution in [1.29, 1.82) is 0 Å². The third kappa shape index (κ3) is 2.15. The smallest absolute Gasteiger partial charge is 0.245 e. The van der Waals surface area contributed by atoms with Crippen LogP contribution in [-0.2, 0) is 4.79 Å². The number of hydrogen-bond acceptors (Lipinski definition) is 3. The fraction of sp³-hybridized carbons (Fsp3) is 0.455. The fourth-order valence-electron chi connectivity index (χ4n) is 1.79. The van der Waals surface area contributed by atoms with Gasteiger partial charge >= 0.3 is 0 Å². The summed E-state index contributed by atoms with van der Waals surface area (Å²) >= 11 is 0. The van der Waals surface area contributed by atoms with Crippen LogP contribution in [0.2, 0.25) is 0 Å². The molecule has 0 saturated carbocycles. The van der Waals surface area contributed by atoms with Gasteiger partial charge in [0.2, 0.25) is 5.91 Å². The second-order valence-corrected chi connectivity index (χ2v) is 3.73. The van der Waals surface area contributed by atoms with Gasteiger partial charge in [0, 0.05) is 13.2 Å². The molecule has 1 N–H and O–H groups in total. The lowest BCUT2D eigenvalue weighted by atomic mass is 10.2. The second-order valence-electron chi connectivity index (χ2n) is 3.73. The van der Waals surface area contributed by atoms with Crippen molar-refractivity contribution in [3.05, 3.63) is 24.4 Å². The van der Waals surface area contributed by atoms with E-state index in [2.05, 4.69) is 10.3 Å². The maximum absolute atomic E-state index is 12.0. The van der Waals surface area contributed by atoms with E-state index in [1.807, 2.05) is 18.2 Å². The lowest BCUT2D eigenvalue weighted by Crippen LogP contribution is -2.41. The molecule has 1 aliphatic heterocycles. The average molecular weight is 205 g/mol. The van der Waals surface area contributed by atoms with Crippen LogP contribution in [0.15, 0.2) is 24.4 Å². The van der Waals surface area contributed by atoms with Crippen molar-refractivity contribution in [3.8, 4) is 0 Å². The summed E-state index contributed by atoms with van der Waals surface area (Å²) in [6.45, 7) is 0.937. The largest absolute Gasteiger partial charge is 0.306 e. The summed E-state index contributed by atoms with van der Waals surface area (Å²) in [5, 5.41) is 3.19. The highest BCUT2D eigenvalue weighted by Gasteiger charge is 2.25. The summed E-state index contributed by atoms with van der Waals surface area (Å²) in [4.78, 5) is 17.7. The Morgan fingerprint density at radius 2 is 2.47 bits per heavy atom. The van der Waals surface area contributed by atoms with Crippen LogP contribution in [0.1, 0.15) is 12.8 Å². The third-order valence-electron chi connectivity index (χ3n) is 2.68. The first kappa shape index (κ1) is 10.1. The summed E-state index contributed by atoms with van der Waals surface area (Å²) in [7, 11) is 1.77. The number of hydrogen-bond donors (Lipinski definition) is 1. The Labute approximate surface area is 89.3 Å². The number of carbonyl (C=O) groups excluding carboxylic acids is 1. The SMILES string of the molecule is CN(C(=O)[C@H]1CCCN1)c1ccccn1. The molecule has 80 valence electrons. The predicted molar refractivity (Wildman–Crippen MR) is 58.7 cm³/mol. The Morgan fingerprint density at radius 1 is 1.60 bits per heavy atom. The van der Waals surface area contributed by atoms with E-state index in [0.717, 1.165) is 19.4 Å². The molecule has 1 aliphatic rings. The van der Waals surface area contributed by atoms with Gasteiger partial charge in [-0.15, -0.1) is 0 Å². The van der Waals surface area contributed by atoms with Gasteiger partial charge in [0.25, 0.3) is 0 Å². The van der Waals surface area contributed by atoms with E-state index in [1.165, 1.54) is 0 Å². The summed E-state index contributed by atoms with van der Waals surface area (Å²) < 4.78 is 0. The Kier molecular flexibility index (Phi) is 2.97. The standard InChI is InChI=1S/C11H15N3O/c1-14(10-6-2-3-7-13-10)11(15)9-5-4-8-12-9/h2-3,6-7,9,12H,4-5,8H2,1H3/t9-/m1/s1. The number of nitrogens with zero attached hydrogens (tertiary/aromatic N) is 2.